The zero-order valence-corrected chi connectivity index (χ0v) is 16.5. The lowest BCUT2D eigenvalue weighted by molar-refractivity contribution is 0.0671. The zero-order valence-electron chi connectivity index (χ0n) is 14.9. The van der Waals surface area contributed by atoms with Crippen molar-refractivity contribution in [3.05, 3.63) is 58.0 Å². The molecule has 0 radical (unpaired) electrons. The summed E-state index contributed by atoms with van der Waals surface area (Å²) in [5, 5.41) is 18.5. The minimum atomic E-state index is -0.0954. The summed E-state index contributed by atoms with van der Waals surface area (Å²) in [7, 11) is 0. The van der Waals surface area contributed by atoms with E-state index in [-0.39, 0.29) is 11.9 Å². The van der Waals surface area contributed by atoms with E-state index in [1.54, 1.807) is 23.0 Å². The molecule has 1 unspecified atom stereocenters. The Kier molecular flexibility index (Phi) is 3.93. The van der Waals surface area contributed by atoms with Crippen molar-refractivity contribution in [3.8, 4) is 11.4 Å². The molecule has 1 atom stereocenters. The highest BCUT2D eigenvalue weighted by Crippen LogP contribution is 2.32. The molecule has 10 heteroatoms. The van der Waals surface area contributed by atoms with Gasteiger partial charge in [-0.15, -0.1) is 10.2 Å². The highest BCUT2D eigenvalue weighted by atomic mass is 79.9. The second kappa shape index (κ2) is 6.48. The molecule has 0 saturated heterocycles. The van der Waals surface area contributed by atoms with Gasteiger partial charge in [0.15, 0.2) is 11.3 Å². The molecule has 28 heavy (non-hydrogen) atoms. The van der Waals surface area contributed by atoms with Gasteiger partial charge >= 0.3 is 0 Å². The molecule has 0 aliphatic carbocycles. The van der Waals surface area contributed by atoms with E-state index in [1.807, 2.05) is 24.0 Å². The lowest BCUT2D eigenvalue weighted by atomic mass is 9.91. The number of aromatic amines is 1. The first kappa shape index (κ1) is 17.0. The van der Waals surface area contributed by atoms with Crippen molar-refractivity contribution in [2.45, 2.75) is 19.4 Å². The lowest BCUT2D eigenvalue weighted by Crippen LogP contribution is -2.39. The highest BCUT2D eigenvalue weighted by molar-refractivity contribution is 9.10. The predicted octanol–water partition coefficient (Wildman–Crippen LogP) is 2.43. The number of benzene rings is 1. The lowest BCUT2D eigenvalue weighted by Gasteiger charge is -2.35. The Morgan fingerprint density at radius 1 is 1.32 bits per heavy atom. The molecule has 0 fully saturated rings. The SMILES string of the molecule is CC1c2ccc(-c3nn[nH]n3)cc2CCN1C(=O)c1cc2ncc(Br)cn2n1. The molecule has 1 aromatic carbocycles. The standard InChI is InChI=1S/C18H15BrN8O/c1-10-14-3-2-12(17-21-24-25-22-17)6-11(14)4-5-26(10)18(28)15-7-16-20-8-13(19)9-27(16)23-15/h2-3,6-10H,4-5H2,1H3,(H,21,22,24,25). The molecule has 1 N–H and O–H groups in total. The number of hydrogen-bond acceptors (Lipinski definition) is 6. The Bertz CT molecular complexity index is 1190. The van der Waals surface area contributed by atoms with Crippen molar-refractivity contribution in [1.29, 1.82) is 0 Å². The average Bonchev–Trinajstić information content (AvgIpc) is 3.37. The van der Waals surface area contributed by atoms with Gasteiger partial charge < -0.3 is 4.90 Å². The summed E-state index contributed by atoms with van der Waals surface area (Å²) in [6.45, 7) is 2.66. The normalized spacial score (nSPS) is 16.4. The molecular formula is C18H15BrN8O. The number of amides is 1. The van der Waals surface area contributed by atoms with Crippen LogP contribution in [0, 0.1) is 0 Å². The van der Waals surface area contributed by atoms with Gasteiger partial charge in [0.1, 0.15) is 0 Å². The summed E-state index contributed by atoms with van der Waals surface area (Å²) in [5.41, 5.74) is 4.26. The van der Waals surface area contributed by atoms with E-state index >= 15 is 0 Å². The minimum Gasteiger partial charge on any atom is -0.330 e. The van der Waals surface area contributed by atoms with Crippen LogP contribution in [0.3, 0.4) is 0 Å². The van der Waals surface area contributed by atoms with Crippen molar-refractivity contribution < 1.29 is 4.79 Å². The van der Waals surface area contributed by atoms with Crippen LogP contribution in [0.4, 0.5) is 0 Å². The number of carbonyl (C=O) groups is 1. The van der Waals surface area contributed by atoms with Crippen molar-refractivity contribution in [1.82, 2.24) is 40.1 Å². The van der Waals surface area contributed by atoms with E-state index in [2.05, 4.69) is 52.7 Å². The average molecular weight is 439 g/mol. The second-order valence-electron chi connectivity index (χ2n) is 6.68. The molecule has 4 heterocycles. The molecule has 3 aromatic heterocycles. The van der Waals surface area contributed by atoms with Gasteiger partial charge in [0.2, 0.25) is 5.82 Å². The number of nitrogens with zero attached hydrogens (tertiary/aromatic N) is 7. The molecule has 140 valence electrons. The molecule has 9 nitrogen and oxygen atoms in total. The number of hydrogen-bond donors (Lipinski definition) is 1. The molecule has 1 amide bonds. The molecule has 1 aliphatic rings. The molecular weight excluding hydrogens is 424 g/mol. The number of nitrogens with one attached hydrogen (secondary N) is 1. The smallest absolute Gasteiger partial charge is 0.274 e. The first-order valence-corrected chi connectivity index (χ1v) is 9.58. The van der Waals surface area contributed by atoms with Gasteiger partial charge in [-0.25, -0.2) is 9.50 Å². The van der Waals surface area contributed by atoms with E-state index in [9.17, 15) is 4.79 Å². The Morgan fingerprint density at radius 2 is 2.21 bits per heavy atom. The Morgan fingerprint density at radius 3 is 3.04 bits per heavy atom. The van der Waals surface area contributed by atoms with Crippen molar-refractivity contribution in [2.24, 2.45) is 0 Å². The van der Waals surface area contributed by atoms with E-state index in [1.165, 1.54) is 5.56 Å². The zero-order chi connectivity index (χ0) is 19.3. The summed E-state index contributed by atoms with van der Waals surface area (Å²) in [6, 6.07) is 7.73. The van der Waals surface area contributed by atoms with Crippen molar-refractivity contribution >= 4 is 27.5 Å². The maximum atomic E-state index is 13.1. The summed E-state index contributed by atoms with van der Waals surface area (Å²) >= 11 is 3.37. The topological polar surface area (TPSA) is 105 Å². The molecule has 5 rings (SSSR count). The Balaban J connectivity index is 1.45. The van der Waals surface area contributed by atoms with Crippen LogP contribution in [0.2, 0.25) is 0 Å². The van der Waals surface area contributed by atoms with Gasteiger partial charge in [-0.1, -0.05) is 12.1 Å². The number of rotatable bonds is 2. The third kappa shape index (κ3) is 2.76. The molecule has 0 bridgehead atoms. The van der Waals surface area contributed by atoms with Crippen molar-refractivity contribution in [3.63, 3.8) is 0 Å². The number of fused-ring (bicyclic) bond motifs is 2. The van der Waals surface area contributed by atoms with Gasteiger partial charge in [-0.3, -0.25) is 4.79 Å². The summed E-state index contributed by atoms with van der Waals surface area (Å²) in [5.74, 6) is 0.472. The van der Waals surface area contributed by atoms with Crippen molar-refractivity contribution in [2.75, 3.05) is 6.54 Å². The van der Waals surface area contributed by atoms with Crippen LogP contribution in [0.25, 0.3) is 17.0 Å². The summed E-state index contributed by atoms with van der Waals surface area (Å²) in [4.78, 5) is 19.2. The van der Waals surface area contributed by atoms with Crippen LogP contribution in [0.5, 0.6) is 0 Å². The van der Waals surface area contributed by atoms with Gasteiger partial charge in [0.25, 0.3) is 5.91 Å². The van der Waals surface area contributed by atoms with Crippen LogP contribution in [-0.2, 0) is 6.42 Å². The van der Waals surface area contributed by atoms with Gasteiger partial charge in [0.05, 0.1) is 10.5 Å². The van der Waals surface area contributed by atoms with Crippen LogP contribution in [0.1, 0.15) is 34.6 Å². The maximum absolute atomic E-state index is 13.1. The van der Waals surface area contributed by atoms with Gasteiger partial charge in [-0.2, -0.15) is 10.3 Å². The first-order valence-electron chi connectivity index (χ1n) is 8.79. The number of halogens is 1. The molecule has 4 aromatic rings. The fourth-order valence-electron chi connectivity index (χ4n) is 3.64. The fraction of sp³-hybridized carbons (Fsp3) is 0.222. The van der Waals surface area contributed by atoms with E-state index in [0.717, 1.165) is 22.0 Å². The quantitative estimate of drug-likeness (QED) is 0.515. The van der Waals surface area contributed by atoms with E-state index < -0.39 is 0 Å². The number of carbonyl (C=O) groups excluding carboxylic acids is 1. The number of tetrazole rings is 1. The van der Waals surface area contributed by atoms with E-state index in [0.29, 0.717) is 23.7 Å². The largest absolute Gasteiger partial charge is 0.330 e. The third-order valence-electron chi connectivity index (χ3n) is 5.05. The predicted molar refractivity (Wildman–Crippen MR) is 103 cm³/mol. The third-order valence-corrected chi connectivity index (χ3v) is 5.46. The van der Waals surface area contributed by atoms with E-state index in [4.69, 9.17) is 0 Å². The molecule has 0 saturated carbocycles. The molecule has 1 aliphatic heterocycles. The number of aromatic nitrogens is 7. The fourth-order valence-corrected chi connectivity index (χ4v) is 3.93. The highest BCUT2D eigenvalue weighted by Gasteiger charge is 2.30. The van der Waals surface area contributed by atoms with Crippen LogP contribution >= 0.6 is 15.9 Å². The van der Waals surface area contributed by atoms with Crippen LogP contribution in [-0.4, -0.2) is 52.6 Å². The van der Waals surface area contributed by atoms with Crippen LogP contribution in [0.15, 0.2) is 41.1 Å². The Hall–Kier alpha value is -3.14. The van der Waals surface area contributed by atoms with Gasteiger partial charge in [-0.05, 0) is 51.7 Å². The summed E-state index contributed by atoms with van der Waals surface area (Å²) < 4.78 is 2.41. The minimum absolute atomic E-state index is 0.0555. The maximum Gasteiger partial charge on any atom is 0.274 e. The first-order chi connectivity index (χ1) is 13.6. The molecule has 0 spiro atoms. The van der Waals surface area contributed by atoms with Gasteiger partial charge in [0, 0.05) is 30.6 Å². The Labute approximate surface area is 167 Å². The number of H-pyrrole nitrogens is 1. The second-order valence-corrected chi connectivity index (χ2v) is 7.59. The summed E-state index contributed by atoms with van der Waals surface area (Å²) in [6.07, 6.45) is 4.23. The monoisotopic (exact) mass is 438 g/mol. The van der Waals surface area contributed by atoms with Crippen LogP contribution < -0.4 is 0 Å².